The smallest absolute Gasteiger partial charge is 0.243 e. The van der Waals surface area contributed by atoms with Crippen molar-refractivity contribution in [1.29, 1.82) is 0 Å². The first-order valence-corrected chi connectivity index (χ1v) is 6.94. The maximum atomic E-state index is 12.1. The molecule has 1 unspecified atom stereocenters. The van der Waals surface area contributed by atoms with Gasteiger partial charge in [0.05, 0.1) is 6.54 Å². The van der Waals surface area contributed by atoms with Crippen molar-refractivity contribution < 1.29 is 9.59 Å². The van der Waals surface area contributed by atoms with Crippen molar-refractivity contribution >= 4 is 11.8 Å². The molecule has 1 aliphatic heterocycles. The third-order valence-corrected chi connectivity index (χ3v) is 3.41. The number of hydrogen-bond donors (Lipinski definition) is 2. The van der Waals surface area contributed by atoms with Crippen molar-refractivity contribution in [3.05, 3.63) is 11.6 Å². The molecule has 1 aromatic heterocycles. The van der Waals surface area contributed by atoms with Crippen LogP contribution in [0.5, 0.6) is 0 Å². The number of amides is 2. The molecule has 2 heterocycles. The van der Waals surface area contributed by atoms with E-state index in [9.17, 15) is 9.59 Å². The minimum absolute atomic E-state index is 0.0306. The SMILES string of the molecule is CC(=O)NC(C(=O)NCc1nnc2n1CCC2)C(C)C. The van der Waals surface area contributed by atoms with Gasteiger partial charge in [0.25, 0.3) is 0 Å². The van der Waals surface area contributed by atoms with Crippen LogP contribution in [0, 0.1) is 5.92 Å². The molecule has 0 saturated heterocycles. The summed E-state index contributed by atoms with van der Waals surface area (Å²) in [7, 11) is 0. The van der Waals surface area contributed by atoms with Gasteiger partial charge in [0.1, 0.15) is 11.9 Å². The highest BCUT2D eigenvalue weighted by Crippen LogP contribution is 2.13. The Labute approximate surface area is 118 Å². The van der Waals surface area contributed by atoms with Crippen LogP contribution >= 0.6 is 0 Å². The minimum atomic E-state index is -0.520. The van der Waals surface area contributed by atoms with Crippen LogP contribution in [0.3, 0.4) is 0 Å². The standard InChI is InChI=1S/C13H21N5O2/c1-8(2)12(15-9(3)19)13(20)14-7-11-17-16-10-5-4-6-18(10)11/h8,12H,4-7H2,1-3H3,(H,14,20)(H,15,19). The minimum Gasteiger partial charge on any atom is -0.347 e. The zero-order valence-electron chi connectivity index (χ0n) is 12.1. The summed E-state index contributed by atoms with van der Waals surface area (Å²) in [5.41, 5.74) is 0. The molecule has 2 N–H and O–H groups in total. The Morgan fingerprint density at radius 2 is 2.10 bits per heavy atom. The first-order valence-electron chi connectivity index (χ1n) is 6.94. The van der Waals surface area contributed by atoms with Gasteiger partial charge in [0.2, 0.25) is 11.8 Å². The first kappa shape index (κ1) is 14.5. The highest BCUT2D eigenvalue weighted by molar-refractivity contribution is 5.86. The van der Waals surface area contributed by atoms with Crippen LogP contribution < -0.4 is 10.6 Å². The molecular weight excluding hydrogens is 258 g/mol. The van der Waals surface area contributed by atoms with Crippen molar-refractivity contribution in [2.45, 2.75) is 52.7 Å². The van der Waals surface area contributed by atoms with Crippen molar-refractivity contribution in [1.82, 2.24) is 25.4 Å². The molecule has 7 heteroatoms. The van der Waals surface area contributed by atoms with Gasteiger partial charge in [-0.25, -0.2) is 0 Å². The average Bonchev–Trinajstić information content (AvgIpc) is 2.95. The number of rotatable bonds is 5. The number of nitrogens with one attached hydrogen (secondary N) is 2. The van der Waals surface area contributed by atoms with Gasteiger partial charge in [-0.2, -0.15) is 0 Å². The number of hydrogen-bond acceptors (Lipinski definition) is 4. The lowest BCUT2D eigenvalue weighted by molar-refractivity contribution is -0.129. The number of nitrogens with zero attached hydrogens (tertiary/aromatic N) is 3. The van der Waals surface area contributed by atoms with E-state index in [1.165, 1.54) is 6.92 Å². The third kappa shape index (κ3) is 3.15. The summed E-state index contributed by atoms with van der Waals surface area (Å²) in [5, 5.41) is 13.7. The normalized spacial score (nSPS) is 15.0. The molecule has 2 rings (SSSR count). The molecule has 20 heavy (non-hydrogen) atoms. The average molecular weight is 279 g/mol. The van der Waals surface area contributed by atoms with E-state index in [0.717, 1.165) is 31.0 Å². The molecule has 1 atom stereocenters. The molecule has 0 bridgehead atoms. The molecule has 0 spiro atoms. The van der Waals surface area contributed by atoms with Gasteiger partial charge in [0.15, 0.2) is 5.82 Å². The van der Waals surface area contributed by atoms with Crippen LogP contribution in [0.15, 0.2) is 0 Å². The maximum Gasteiger partial charge on any atom is 0.243 e. The second kappa shape index (κ2) is 6.02. The summed E-state index contributed by atoms with van der Waals surface area (Å²) in [4.78, 5) is 23.3. The molecule has 0 aromatic carbocycles. The van der Waals surface area contributed by atoms with Gasteiger partial charge in [-0.3, -0.25) is 9.59 Å². The molecule has 7 nitrogen and oxygen atoms in total. The Hall–Kier alpha value is -1.92. The summed E-state index contributed by atoms with van der Waals surface area (Å²) in [6, 6.07) is -0.520. The van der Waals surface area contributed by atoms with Crippen molar-refractivity contribution in [2.75, 3.05) is 0 Å². The van der Waals surface area contributed by atoms with Crippen LogP contribution in [-0.2, 0) is 29.1 Å². The van der Waals surface area contributed by atoms with Gasteiger partial charge < -0.3 is 15.2 Å². The highest BCUT2D eigenvalue weighted by Gasteiger charge is 2.24. The molecule has 1 aromatic rings. The predicted molar refractivity (Wildman–Crippen MR) is 72.6 cm³/mol. The largest absolute Gasteiger partial charge is 0.347 e. The number of carbonyl (C=O) groups excluding carboxylic acids is 2. The van der Waals surface area contributed by atoms with Crippen LogP contribution in [0.2, 0.25) is 0 Å². The van der Waals surface area contributed by atoms with E-state index in [2.05, 4.69) is 20.8 Å². The molecule has 0 aliphatic carbocycles. The summed E-state index contributed by atoms with van der Waals surface area (Å²) in [6.45, 7) is 6.46. The summed E-state index contributed by atoms with van der Waals surface area (Å²) < 4.78 is 2.04. The molecule has 2 amide bonds. The van der Waals surface area contributed by atoms with Crippen LogP contribution in [0.4, 0.5) is 0 Å². The number of carbonyl (C=O) groups is 2. The fourth-order valence-electron chi connectivity index (χ4n) is 2.37. The Kier molecular flexibility index (Phi) is 4.36. The zero-order valence-corrected chi connectivity index (χ0v) is 12.1. The first-order chi connectivity index (χ1) is 9.49. The fraction of sp³-hybridized carbons (Fsp3) is 0.692. The van der Waals surface area contributed by atoms with E-state index in [1.807, 2.05) is 18.4 Å². The molecule has 1 aliphatic rings. The molecule has 110 valence electrons. The topological polar surface area (TPSA) is 88.9 Å². The van der Waals surface area contributed by atoms with Gasteiger partial charge in [0, 0.05) is 19.9 Å². The van der Waals surface area contributed by atoms with Gasteiger partial charge in [-0.15, -0.1) is 10.2 Å². The molecule has 0 saturated carbocycles. The fourth-order valence-corrected chi connectivity index (χ4v) is 2.37. The highest BCUT2D eigenvalue weighted by atomic mass is 16.2. The quantitative estimate of drug-likeness (QED) is 0.794. The summed E-state index contributed by atoms with van der Waals surface area (Å²) >= 11 is 0. The van der Waals surface area contributed by atoms with E-state index in [4.69, 9.17) is 0 Å². The van der Waals surface area contributed by atoms with E-state index in [-0.39, 0.29) is 17.7 Å². The number of fused-ring (bicyclic) bond motifs is 1. The van der Waals surface area contributed by atoms with Gasteiger partial charge in [-0.1, -0.05) is 13.8 Å². The lowest BCUT2D eigenvalue weighted by Crippen LogP contribution is -2.49. The Balaban J connectivity index is 1.94. The Bertz CT molecular complexity index is 509. The number of aromatic nitrogens is 3. The summed E-state index contributed by atoms with van der Waals surface area (Å²) in [5.74, 6) is 1.39. The van der Waals surface area contributed by atoms with E-state index < -0.39 is 6.04 Å². The Morgan fingerprint density at radius 3 is 2.75 bits per heavy atom. The van der Waals surface area contributed by atoms with Gasteiger partial charge in [-0.05, 0) is 12.3 Å². The molecule has 0 fully saturated rings. The van der Waals surface area contributed by atoms with Crippen molar-refractivity contribution in [3.63, 3.8) is 0 Å². The van der Waals surface area contributed by atoms with Crippen molar-refractivity contribution in [2.24, 2.45) is 5.92 Å². The second-order valence-corrected chi connectivity index (χ2v) is 5.43. The van der Waals surface area contributed by atoms with E-state index in [0.29, 0.717) is 6.54 Å². The molecule has 0 radical (unpaired) electrons. The Morgan fingerprint density at radius 1 is 1.35 bits per heavy atom. The van der Waals surface area contributed by atoms with Crippen LogP contribution in [-0.4, -0.2) is 32.6 Å². The lowest BCUT2D eigenvalue weighted by Gasteiger charge is -2.20. The van der Waals surface area contributed by atoms with Crippen LogP contribution in [0.1, 0.15) is 38.8 Å². The monoisotopic (exact) mass is 279 g/mol. The lowest BCUT2D eigenvalue weighted by atomic mass is 10.0. The van der Waals surface area contributed by atoms with Crippen molar-refractivity contribution in [3.8, 4) is 0 Å². The maximum absolute atomic E-state index is 12.1. The summed E-state index contributed by atoms with van der Waals surface area (Å²) in [6.07, 6.45) is 2.02. The van der Waals surface area contributed by atoms with E-state index in [1.54, 1.807) is 0 Å². The second-order valence-electron chi connectivity index (χ2n) is 5.43. The van der Waals surface area contributed by atoms with E-state index >= 15 is 0 Å². The number of aryl methyl sites for hydroxylation is 1. The third-order valence-electron chi connectivity index (χ3n) is 3.41. The predicted octanol–water partition coefficient (Wildman–Crippen LogP) is 0.00120. The van der Waals surface area contributed by atoms with Crippen LogP contribution in [0.25, 0.3) is 0 Å². The van der Waals surface area contributed by atoms with Gasteiger partial charge >= 0.3 is 0 Å². The zero-order chi connectivity index (χ0) is 14.7. The molecular formula is C13H21N5O2.